The highest BCUT2D eigenvalue weighted by Crippen LogP contribution is 2.40. The summed E-state index contributed by atoms with van der Waals surface area (Å²) in [5.74, 6) is -1.13. The fourth-order valence-corrected chi connectivity index (χ4v) is 5.57. The molecule has 0 aliphatic rings. The summed E-state index contributed by atoms with van der Waals surface area (Å²) in [5.41, 5.74) is 1.63. The van der Waals surface area contributed by atoms with E-state index in [9.17, 15) is 19.3 Å². The molecule has 0 amide bonds. The van der Waals surface area contributed by atoms with Crippen LogP contribution in [0.3, 0.4) is 0 Å². The third kappa shape index (κ3) is 3.55. The van der Waals surface area contributed by atoms with Crippen molar-refractivity contribution >= 4 is 39.1 Å². The minimum atomic E-state index is -0.658. The van der Waals surface area contributed by atoms with Crippen LogP contribution in [-0.4, -0.2) is 32.2 Å². The van der Waals surface area contributed by atoms with Crippen molar-refractivity contribution in [2.24, 2.45) is 0 Å². The van der Waals surface area contributed by atoms with Crippen LogP contribution < -0.4 is 4.74 Å². The van der Waals surface area contributed by atoms with Crippen molar-refractivity contribution in [3.63, 3.8) is 0 Å². The van der Waals surface area contributed by atoms with Gasteiger partial charge in [0.1, 0.15) is 21.4 Å². The van der Waals surface area contributed by atoms with Crippen LogP contribution in [-0.2, 0) is 0 Å². The number of benzene rings is 2. The van der Waals surface area contributed by atoms with Crippen molar-refractivity contribution in [1.29, 1.82) is 0 Å². The number of nitro benzene ring substituents is 1. The first kappa shape index (κ1) is 21.9. The van der Waals surface area contributed by atoms with Crippen molar-refractivity contribution in [3.8, 4) is 27.7 Å². The van der Waals surface area contributed by atoms with E-state index in [0.717, 1.165) is 22.0 Å². The molecule has 170 valence electrons. The molecule has 0 N–H and O–H groups in total. The second kappa shape index (κ2) is 8.43. The van der Waals surface area contributed by atoms with Crippen LogP contribution in [0, 0.1) is 22.9 Å². The number of aromatic nitrogens is 3. The molecule has 3 aromatic heterocycles. The smallest absolute Gasteiger partial charge is 0.311 e. The number of imidazole rings is 1. The lowest BCUT2D eigenvalue weighted by Crippen LogP contribution is -2.04. The average molecular weight is 495 g/mol. The maximum atomic E-state index is 14.5. The SMILES string of the molecule is COc1ccc(-c2nc(-c3c(C)nc4sccn34)sc2C(=O)c2ccccc2F)cc1[N+](=O)[O-]. The molecule has 11 heteroatoms. The Kier molecular flexibility index (Phi) is 5.42. The van der Waals surface area contributed by atoms with E-state index in [2.05, 4.69) is 4.98 Å². The van der Waals surface area contributed by atoms with Gasteiger partial charge in [0.15, 0.2) is 10.7 Å². The zero-order valence-electron chi connectivity index (χ0n) is 17.8. The van der Waals surface area contributed by atoms with Crippen molar-refractivity contribution in [3.05, 3.63) is 86.1 Å². The van der Waals surface area contributed by atoms with Crippen molar-refractivity contribution in [2.45, 2.75) is 6.92 Å². The van der Waals surface area contributed by atoms with E-state index in [4.69, 9.17) is 9.72 Å². The number of aryl methyl sites for hydroxylation is 1. The lowest BCUT2D eigenvalue weighted by molar-refractivity contribution is -0.385. The van der Waals surface area contributed by atoms with Crippen LogP contribution in [0.2, 0.25) is 0 Å². The Hall–Kier alpha value is -3.96. The summed E-state index contributed by atoms with van der Waals surface area (Å²) in [6.45, 7) is 1.84. The number of fused-ring (bicyclic) bond motifs is 1. The standard InChI is InChI=1S/C23H15FN4O4S2/c1-12-19(27-9-10-33-23(27)25-12)22-26-18(13-7-8-17(32-2)16(11-13)28(30)31)21(34-22)20(29)14-5-3-4-6-15(14)24/h3-11H,1-2H3. The van der Waals surface area contributed by atoms with E-state index in [0.29, 0.717) is 16.3 Å². The first-order chi connectivity index (χ1) is 16.4. The molecule has 0 unspecified atom stereocenters. The lowest BCUT2D eigenvalue weighted by Gasteiger charge is -2.06. The molecular formula is C23H15FN4O4S2. The Morgan fingerprint density at radius 2 is 2.00 bits per heavy atom. The maximum absolute atomic E-state index is 14.5. The van der Waals surface area contributed by atoms with Crippen LogP contribution >= 0.6 is 22.7 Å². The molecule has 0 aliphatic carbocycles. The van der Waals surface area contributed by atoms with Gasteiger partial charge < -0.3 is 4.74 Å². The Morgan fingerprint density at radius 1 is 1.21 bits per heavy atom. The number of nitro groups is 1. The largest absolute Gasteiger partial charge is 0.490 e. The molecule has 0 spiro atoms. The van der Waals surface area contributed by atoms with Crippen molar-refractivity contribution in [1.82, 2.24) is 14.4 Å². The first-order valence-corrected chi connectivity index (χ1v) is 11.6. The number of halogens is 1. The quantitative estimate of drug-likeness (QED) is 0.168. The summed E-state index contributed by atoms with van der Waals surface area (Å²) in [6, 6.07) is 10.0. The molecule has 0 radical (unpaired) electrons. The number of ether oxygens (including phenoxy) is 1. The van der Waals surface area contributed by atoms with E-state index in [1.54, 1.807) is 12.1 Å². The van der Waals surface area contributed by atoms with E-state index in [-0.39, 0.29) is 27.6 Å². The highest BCUT2D eigenvalue weighted by Gasteiger charge is 2.27. The molecule has 0 fully saturated rings. The van der Waals surface area contributed by atoms with Gasteiger partial charge in [0, 0.05) is 23.2 Å². The molecule has 5 aromatic rings. The third-order valence-corrected chi connectivity index (χ3v) is 7.06. The van der Waals surface area contributed by atoms with Gasteiger partial charge in [0.05, 0.1) is 29.0 Å². The van der Waals surface area contributed by atoms with Gasteiger partial charge in [-0.05, 0) is 31.2 Å². The fourth-order valence-electron chi connectivity index (χ4n) is 3.67. The molecule has 0 bridgehead atoms. The molecule has 2 aromatic carbocycles. The summed E-state index contributed by atoms with van der Waals surface area (Å²) in [6.07, 6.45) is 1.85. The number of hydrogen-bond donors (Lipinski definition) is 0. The molecule has 0 aliphatic heterocycles. The predicted octanol–water partition coefficient (Wildman–Crippen LogP) is 5.78. The number of thiazole rings is 2. The maximum Gasteiger partial charge on any atom is 0.311 e. The summed E-state index contributed by atoms with van der Waals surface area (Å²) in [4.78, 5) is 34.6. The number of rotatable bonds is 6. The second-order valence-electron chi connectivity index (χ2n) is 7.25. The topological polar surface area (TPSA) is 99.6 Å². The molecule has 5 rings (SSSR count). The zero-order chi connectivity index (χ0) is 24.0. The fraction of sp³-hybridized carbons (Fsp3) is 0.0870. The summed E-state index contributed by atoms with van der Waals surface area (Å²) in [5, 5.41) is 14.0. The van der Waals surface area contributed by atoms with Gasteiger partial charge in [-0.2, -0.15) is 0 Å². The van der Waals surface area contributed by atoms with E-state index in [1.165, 1.54) is 48.8 Å². The van der Waals surface area contributed by atoms with Gasteiger partial charge in [-0.3, -0.25) is 19.3 Å². The van der Waals surface area contributed by atoms with Crippen LogP contribution in [0.1, 0.15) is 20.9 Å². The molecule has 34 heavy (non-hydrogen) atoms. The number of ketones is 1. The van der Waals surface area contributed by atoms with Crippen LogP contribution in [0.5, 0.6) is 5.75 Å². The number of nitrogens with zero attached hydrogens (tertiary/aromatic N) is 4. The van der Waals surface area contributed by atoms with Gasteiger partial charge in [-0.15, -0.1) is 22.7 Å². The lowest BCUT2D eigenvalue weighted by atomic mass is 10.0. The number of carbonyl (C=O) groups is 1. The third-order valence-electron chi connectivity index (χ3n) is 5.24. The molecule has 0 saturated heterocycles. The van der Waals surface area contributed by atoms with E-state index < -0.39 is 16.5 Å². The molecule has 8 nitrogen and oxygen atoms in total. The first-order valence-electron chi connectivity index (χ1n) is 9.94. The average Bonchev–Trinajstić information content (AvgIpc) is 3.53. The number of methoxy groups -OCH3 is 1. The van der Waals surface area contributed by atoms with Gasteiger partial charge in [0.25, 0.3) is 0 Å². The molecule has 0 saturated carbocycles. The summed E-state index contributed by atoms with van der Waals surface area (Å²) in [7, 11) is 1.34. The van der Waals surface area contributed by atoms with Crippen LogP contribution in [0.25, 0.3) is 26.9 Å². The van der Waals surface area contributed by atoms with Gasteiger partial charge in [-0.1, -0.05) is 12.1 Å². The number of hydrogen-bond acceptors (Lipinski definition) is 8. The Morgan fingerprint density at radius 3 is 2.74 bits per heavy atom. The van der Waals surface area contributed by atoms with Crippen molar-refractivity contribution in [2.75, 3.05) is 7.11 Å². The van der Waals surface area contributed by atoms with E-state index >= 15 is 0 Å². The van der Waals surface area contributed by atoms with Gasteiger partial charge in [0.2, 0.25) is 5.78 Å². The monoisotopic (exact) mass is 494 g/mol. The van der Waals surface area contributed by atoms with Crippen LogP contribution in [0.15, 0.2) is 54.0 Å². The van der Waals surface area contributed by atoms with Gasteiger partial charge in [-0.25, -0.2) is 14.4 Å². The van der Waals surface area contributed by atoms with Crippen molar-refractivity contribution < 1.29 is 18.8 Å². The summed E-state index contributed by atoms with van der Waals surface area (Å²) < 4.78 is 21.4. The predicted molar refractivity (Wildman–Crippen MR) is 127 cm³/mol. The highest BCUT2D eigenvalue weighted by molar-refractivity contribution is 7.17. The molecule has 0 atom stereocenters. The molecular weight excluding hydrogens is 479 g/mol. The minimum Gasteiger partial charge on any atom is -0.490 e. The van der Waals surface area contributed by atoms with E-state index in [1.807, 2.05) is 22.9 Å². The Balaban J connectivity index is 1.75. The summed E-state index contributed by atoms with van der Waals surface area (Å²) >= 11 is 2.56. The minimum absolute atomic E-state index is 0.0813. The number of carbonyl (C=O) groups excluding carboxylic acids is 1. The normalized spacial score (nSPS) is 11.1. The van der Waals surface area contributed by atoms with Crippen LogP contribution in [0.4, 0.5) is 10.1 Å². The van der Waals surface area contributed by atoms with Gasteiger partial charge >= 0.3 is 5.69 Å². The zero-order valence-corrected chi connectivity index (χ0v) is 19.4. The Bertz CT molecular complexity index is 1590. The Labute approximate surface area is 200 Å². The second-order valence-corrected chi connectivity index (χ2v) is 9.12. The molecule has 3 heterocycles. The highest BCUT2D eigenvalue weighted by atomic mass is 32.1.